The van der Waals surface area contributed by atoms with E-state index in [9.17, 15) is 32.7 Å². The Morgan fingerprint density at radius 1 is 1.10 bits per heavy atom. The van der Waals surface area contributed by atoms with Gasteiger partial charge in [-0.25, -0.2) is 9.69 Å². The molecule has 0 saturated carbocycles. The van der Waals surface area contributed by atoms with Gasteiger partial charge in [-0.3, -0.25) is 14.9 Å². The minimum atomic E-state index is -4.68. The van der Waals surface area contributed by atoms with Gasteiger partial charge in [0.15, 0.2) is 11.5 Å². The minimum Gasteiger partial charge on any atom is -0.504 e. The van der Waals surface area contributed by atoms with Gasteiger partial charge in [0, 0.05) is 0 Å². The van der Waals surface area contributed by atoms with Crippen molar-refractivity contribution in [3.8, 4) is 11.5 Å². The summed E-state index contributed by atoms with van der Waals surface area (Å²) in [6.45, 7) is 0. The molecule has 1 saturated heterocycles. The van der Waals surface area contributed by atoms with Crippen molar-refractivity contribution >= 4 is 29.6 Å². The first-order chi connectivity index (χ1) is 13.6. The monoisotopic (exact) mass is 406 g/mol. The number of carbonyl (C=O) groups excluding carboxylic acids is 3. The van der Waals surface area contributed by atoms with Crippen molar-refractivity contribution in [3.05, 3.63) is 59.2 Å². The molecule has 0 aliphatic carbocycles. The molecule has 0 atom stereocenters. The second-order valence-electron chi connectivity index (χ2n) is 5.94. The van der Waals surface area contributed by atoms with Gasteiger partial charge in [-0.2, -0.15) is 13.2 Å². The number of imide groups is 2. The summed E-state index contributed by atoms with van der Waals surface area (Å²) in [5, 5.41) is 11.5. The first-order valence-electron chi connectivity index (χ1n) is 8.07. The Kier molecular flexibility index (Phi) is 5.02. The molecule has 1 fully saturated rings. The predicted octanol–water partition coefficient (Wildman–Crippen LogP) is 3.09. The Morgan fingerprint density at radius 3 is 2.48 bits per heavy atom. The summed E-state index contributed by atoms with van der Waals surface area (Å²) >= 11 is 0. The van der Waals surface area contributed by atoms with Crippen LogP contribution in [0.15, 0.2) is 48.0 Å². The normalized spacial score (nSPS) is 16.2. The van der Waals surface area contributed by atoms with Crippen molar-refractivity contribution in [3.63, 3.8) is 0 Å². The molecule has 2 N–H and O–H groups in total. The number of hydrogen-bond donors (Lipinski definition) is 2. The third-order valence-corrected chi connectivity index (χ3v) is 4.05. The van der Waals surface area contributed by atoms with Gasteiger partial charge in [0.05, 0.1) is 18.4 Å². The minimum absolute atomic E-state index is 0.0776. The van der Waals surface area contributed by atoms with Crippen LogP contribution in [0.4, 0.5) is 23.7 Å². The number of halogens is 3. The average Bonchev–Trinajstić information content (AvgIpc) is 2.65. The molecular weight excluding hydrogens is 393 g/mol. The molecule has 0 aromatic heterocycles. The van der Waals surface area contributed by atoms with Gasteiger partial charge in [-0.05, 0) is 42.0 Å². The van der Waals surface area contributed by atoms with Gasteiger partial charge in [-0.1, -0.05) is 12.1 Å². The Morgan fingerprint density at radius 2 is 1.83 bits per heavy atom. The highest BCUT2D eigenvalue weighted by Gasteiger charge is 2.38. The summed E-state index contributed by atoms with van der Waals surface area (Å²) < 4.78 is 43.8. The number of nitrogens with one attached hydrogen (secondary N) is 1. The number of phenolic OH excluding ortho intramolecular Hbond substituents is 1. The summed E-state index contributed by atoms with van der Waals surface area (Å²) in [5.74, 6) is -2.19. The summed E-state index contributed by atoms with van der Waals surface area (Å²) in [6, 6.07) is 6.44. The lowest BCUT2D eigenvalue weighted by Crippen LogP contribution is -2.54. The predicted molar refractivity (Wildman–Crippen MR) is 95.1 cm³/mol. The van der Waals surface area contributed by atoms with Crippen LogP contribution in [0.2, 0.25) is 0 Å². The molecule has 7 nitrogen and oxygen atoms in total. The zero-order valence-electron chi connectivity index (χ0n) is 14.8. The molecule has 1 heterocycles. The number of phenols is 1. The average molecular weight is 406 g/mol. The van der Waals surface area contributed by atoms with Gasteiger partial charge in [-0.15, -0.1) is 0 Å². The molecule has 0 unspecified atom stereocenters. The number of barbiturate groups is 1. The lowest BCUT2D eigenvalue weighted by atomic mass is 10.1. The van der Waals surface area contributed by atoms with Gasteiger partial charge in [0.1, 0.15) is 5.57 Å². The fourth-order valence-corrected chi connectivity index (χ4v) is 2.66. The van der Waals surface area contributed by atoms with E-state index in [4.69, 9.17) is 4.74 Å². The molecule has 3 rings (SSSR count). The number of hydrogen-bond acceptors (Lipinski definition) is 5. The van der Waals surface area contributed by atoms with Crippen molar-refractivity contribution in [2.75, 3.05) is 12.0 Å². The van der Waals surface area contributed by atoms with Gasteiger partial charge in [0.25, 0.3) is 11.8 Å². The highest BCUT2D eigenvalue weighted by atomic mass is 19.4. The van der Waals surface area contributed by atoms with Crippen molar-refractivity contribution in [2.45, 2.75) is 6.18 Å². The van der Waals surface area contributed by atoms with Crippen LogP contribution in [0.5, 0.6) is 11.5 Å². The zero-order chi connectivity index (χ0) is 21.3. The second kappa shape index (κ2) is 7.30. The first-order valence-corrected chi connectivity index (χ1v) is 8.07. The SMILES string of the molecule is COc1cc(/C=C2\C(=O)NC(=O)N(c3cccc(C(F)(F)F)c3)C2=O)ccc1O. The maximum absolute atomic E-state index is 13.0. The van der Waals surface area contributed by atoms with Gasteiger partial charge < -0.3 is 9.84 Å². The van der Waals surface area contributed by atoms with Gasteiger partial charge >= 0.3 is 12.2 Å². The molecule has 1 aliphatic rings. The number of rotatable bonds is 3. The van der Waals surface area contributed by atoms with E-state index >= 15 is 0 Å². The third-order valence-electron chi connectivity index (χ3n) is 4.05. The number of nitrogens with zero attached hydrogens (tertiary/aromatic N) is 1. The Labute approximate surface area is 162 Å². The second-order valence-corrected chi connectivity index (χ2v) is 5.94. The molecule has 2 aromatic rings. The molecule has 0 radical (unpaired) electrons. The standard InChI is InChI=1S/C19H13F3N2O5/c1-29-15-8-10(5-6-14(15)25)7-13-16(26)23-18(28)24(17(13)27)12-4-2-3-11(9-12)19(20,21)22/h2-9,25H,1H3,(H,23,26,28)/b13-7+. The number of methoxy groups -OCH3 is 1. The molecule has 0 bridgehead atoms. The van der Waals surface area contributed by atoms with E-state index in [0.29, 0.717) is 11.0 Å². The van der Waals surface area contributed by atoms with Crippen LogP contribution in [-0.2, 0) is 15.8 Å². The third kappa shape index (κ3) is 3.91. The van der Waals surface area contributed by atoms with Crippen molar-refractivity contribution in [2.24, 2.45) is 0 Å². The number of benzene rings is 2. The van der Waals surface area contributed by atoms with Crippen LogP contribution in [-0.4, -0.2) is 30.1 Å². The van der Waals surface area contributed by atoms with Gasteiger partial charge in [0.2, 0.25) is 0 Å². The number of ether oxygens (including phenoxy) is 1. The number of anilines is 1. The zero-order valence-corrected chi connectivity index (χ0v) is 14.8. The summed E-state index contributed by atoms with van der Waals surface area (Å²) in [4.78, 5) is 37.5. The number of urea groups is 1. The van der Waals surface area contributed by atoms with Crippen LogP contribution >= 0.6 is 0 Å². The fraction of sp³-hybridized carbons (Fsp3) is 0.105. The lowest BCUT2D eigenvalue weighted by Gasteiger charge is -2.26. The lowest BCUT2D eigenvalue weighted by molar-refractivity contribution is -0.137. The van der Waals surface area contributed by atoms with E-state index in [-0.39, 0.29) is 22.7 Å². The maximum Gasteiger partial charge on any atom is 0.416 e. The molecule has 1 aliphatic heterocycles. The van der Waals surface area contributed by atoms with E-state index in [1.807, 2.05) is 5.32 Å². The topological polar surface area (TPSA) is 95.9 Å². The summed E-state index contributed by atoms with van der Waals surface area (Å²) in [7, 11) is 1.30. The molecule has 2 aromatic carbocycles. The Hall–Kier alpha value is -3.82. The van der Waals surface area contributed by atoms with Crippen LogP contribution in [0, 0.1) is 0 Å². The molecule has 10 heteroatoms. The van der Waals surface area contributed by atoms with E-state index < -0.39 is 35.2 Å². The number of carbonyl (C=O) groups is 3. The summed E-state index contributed by atoms with van der Waals surface area (Å²) in [6.07, 6.45) is -3.55. The van der Waals surface area contributed by atoms with E-state index in [1.165, 1.54) is 25.3 Å². The molecule has 0 spiro atoms. The Bertz CT molecular complexity index is 1050. The summed E-state index contributed by atoms with van der Waals surface area (Å²) in [5.41, 5.74) is -1.59. The number of alkyl halides is 3. The van der Waals surface area contributed by atoms with Crippen molar-refractivity contribution in [1.29, 1.82) is 0 Å². The van der Waals surface area contributed by atoms with E-state index in [1.54, 1.807) is 0 Å². The van der Waals surface area contributed by atoms with Crippen LogP contribution in [0.3, 0.4) is 0 Å². The number of aromatic hydroxyl groups is 1. The fourth-order valence-electron chi connectivity index (χ4n) is 2.66. The van der Waals surface area contributed by atoms with E-state index in [2.05, 4.69) is 0 Å². The first kappa shape index (κ1) is 19.9. The van der Waals surface area contributed by atoms with Crippen molar-refractivity contribution < 1.29 is 37.4 Å². The van der Waals surface area contributed by atoms with Crippen LogP contribution < -0.4 is 15.0 Å². The largest absolute Gasteiger partial charge is 0.504 e. The molecular formula is C19H13F3N2O5. The highest BCUT2D eigenvalue weighted by Crippen LogP contribution is 2.33. The Balaban J connectivity index is 2.03. The quantitative estimate of drug-likeness (QED) is 0.603. The maximum atomic E-state index is 13.0. The highest BCUT2D eigenvalue weighted by molar-refractivity contribution is 6.39. The molecule has 4 amide bonds. The molecule has 150 valence electrons. The smallest absolute Gasteiger partial charge is 0.416 e. The van der Waals surface area contributed by atoms with E-state index in [0.717, 1.165) is 24.3 Å². The number of amides is 4. The molecule has 29 heavy (non-hydrogen) atoms. The van der Waals surface area contributed by atoms with Crippen LogP contribution in [0.1, 0.15) is 11.1 Å². The van der Waals surface area contributed by atoms with Crippen molar-refractivity contribution in [1.82, 2.24) is 5.32 Å². The van der Waals surface area contributed by atoms with Crippen LogP contribution in [0.25, 0.3) is 6.08 Å².